The number of aryl methyl sites for hydroxylation is 1. The van der Waals surface area contributed by atoms with Crippen molar-refractivity contribution in [3.8, 4) is 5.75 Å². The molecule has 0 aliphatic rings. The van der Waals surface area contributed by atoms with E-state index in [2.05, 4.69) is 76.3 Å². The third-order valence-electron chi connectivity index (χ3n) is 4.22. The summed E-state index contributed by atoms with van der Waals surface area (Å²) in [5, 5.41) is 14.2. The number of ether oxygens (including phenoxy) is 1. The van der Waals surface area contributed by atoms with Crippen LogP contribution in [0, 0.1) is 5.92 Å². The summed E-state index contributed by atoms with van der Waals surface area (Å²) in [4.78, 5) is 0. The molecule has 158 valence electrons. The van der Waals surface area contributed by atoms with Crippen LogP contribution in [0.1, 0.15) is 44.1 Å². The molecule has 1 heterocycles. The zero-order valence-corrected chi connectivity index (χ0v) is 20.0. The van der Waals surface area contributed by atoms with Gasteiger partial charge in [0.1, 0.15) is 5.75 Å². The van der Waals surface area contributed by atoms with Crippen LogP contribution in [-0.4, -0.2) is 27.7 Å². The highest BCUT2D eigenvalue weighted by molar-refractivity contribution is 9.10. The van der Waals surface area contributed by atoms with Gasteiger partial charge in [0.15, 0.2) is 5.82 Å². The maximum Gasteiger partial charge on any atom is 0.212 e. The van der Waals surface area contributed by atoms with Gasteiger partial charge in [0, 0.05) is 16.6 Å². The number of thioether (sulfide) groups is 1. The van der Waals surface area contributed by atoms with Crippen LogP contribution >= 0.6 is 27.7 Å². The Morgan fingerprint density at radius 2 is 1.83 bits per heavy atom. The van der Waals surface area contributed by atoms with E-state index in [1.165, 1.54) is 5.56 Å². The molecule has 0 fully saturated rings. The third-order valence-corrected chi connectivity index (χ3v) is 5.74. The summed E-state index contributed by atoms with van der Waals surface area (Å²) in [5.41, 5.74) is 2.24. The zero-order chi connectivity index (χ0) is 21.3. The minimum Gasteiger partial charge on any atom is -0.493 e. The van der Waals surface area contributed by atoms with Crippen molar-refractivity contribution < 1.29 is 4.74 Å². The SMILES string of the molecule is CCCc1nnc(SCc2ccc(Br)cc2)n1/N=C/c1ccc(OCC(C)C)cc1. The van der Waals surface area contributed by atoms with Crippen LogP contribution in [0.25, 0.3) is 0 Å². The van der Waals surface area contributed by atoms with Crippen molar-refractivity contribution in [3.05, 3.63) is 70.0 Å². The molecule has 0 radical (unpaired) electrons. The molecule has 30 heavy (non-hydrogen) atoms. The van der Waals surface area contributed by atoms with Gasteiger partial charge in [-0.2, -0.15) is 9.78 Å². The highest BCUT2D eigenvalue weighted by atomic mass is 79.9. The van der Waals surface area contributed by atoms with Gasteiger partial charge in [0.25, 0.3) is 0 Å². The molecule has 0 aliphatic heterocycles. The van der Waals surface area contributed by atoms with Gasteiger partial charge in [-0.25, -0.2) is 0 Å². The maximum absolute atomic E-state index is 5.75. The Bertz CT molecular complexity index is 952. The highest BCUT2D eigenvalue weighted by Crippen LogP contribution is 2.23. The second-order valence-electron chi connectivity index (χ2n) is 7.39. The van der Waals surface area contributed by atoms with Gasteiger partial charge in [-0.15, -0.1) is 10.2 Å². The smallest absolute Gasteiger partial charge is 0.212 e. The van der Waals surface area contributed by atoms with Gasteiger partial charge in [0.05, 0.1) is 12.8 Å². The second-order valence-corrected chi connectivity index (χ2v) is 9.25. The van der Waals surface area contributed by atoms with Crippen molar-refractivity contribution in [2.75, 3.05) is 6.61 Å². The number of hydrogen-bond donors (Lipinski definition) is 0. The fourth-order valence-electron chi connectivity index (χ4n) is 2.65. The van der Waals surface area contributed by atoms with E-state index in [1.807, 2.05) is 35.2 Å². The lowest BCUT2D eigenvalue weighted by Crippen LogP contribution is -2.04. The van der Waals surface area contributed by atoms with Crippen LogP contribution in [0.5, 0.6) is 5.75 Å². The molecule has 3 rings (SSSR count). The number of halogens is 1. The van der Waals surface area contributed by atoms with Crippen molar-refractivity contribution in [2.24, 2.45) is 11.0 Å². The normalized spacial score (nSPS) is 11.5. The average molecular weight is 487 g/mol. The molecular formula is C23H27BrN4OS. The lowest BCUT2D eigenvalue weighted by molar-refractivity contribution is 0.271. The first-order chi connectivity index (χ1) is 14.5. The Hall–Kier alpha value is -2.12. The Labute approximate surface area is 191 Å². The summed E-state index contributed by atoms with van der Waals surface area (Å²) in [5.74, 6) is 3.08. The quantitative estimate of drug-likeness (QED) is 0.252. The summed E-state index contributed by atoms with van der Waals surface area (Å²) in [6, 6.07) is 16.3. The zero-order valence-electron chi connectivity index (χ0n) is 17.6. The molecule has 3 aromatic rings. The Balaban J connectivity index is 1.71. The van der Waals surface area contributed by atoms with Crippen molar-refractivity contribution in [3.63, 3.8) is 0 Å². The van der Waals surface area contributed by atoms with E-state index in [9.17, 15) is 0 Å². The van der Waals surface area contributed by atoms with E-state index in [4.69, 9.17) is 4.74 Å². The molecule has 0 spiro atoms. The second kappa shape index (κ2) is 11.3. The minimum atomic E-state index is 0.505. The summed E-state index contributed by atoms with van der Waals surface area (Å²) in [6.45, 7) is 7.13. The van der Waals surface area contributed by atoms with Crippen molar-refractivity contribution in [1.29, 1.82) is 0 Å². The molecule has 7 heteroatoms. The number of benzene rings is 2. The summed E-state index contributed by atoms with van der Waals surface area (Å²) in [7, 11) is 0. The van der Waals surface area contributed by atoms with Gasteiger partial charge in [-0.1, -0.05) is 60.6 Å². The average Bonchev–Trinajstić information content (AvgIpc) is 3.13. The molecule has 0 saturated carbocycles. The fraction of sp³-hybridized carbons (Fsp3) is 0.348. The number of hydrogen-bond acceptors (Lipinski definition) is 5. The summed E-state index contributed by atoms with van der Waals surface area (Å²) in [6.07, 6.45) is 3.68. The molecule has 1 aromatic heterocycles. The van der Waals surface area contributed by atoms with E-state index in [-0.39, 0.29) is 0 Å². The molecule has 5 nitrogen and oxygen atoms in total. The first-order valence-electron chi connectivity index (χ1n) is 10.1. The van der Waals surface area contributed by atoms with Crippen LogP contribution in [0.15, 0.2) is 63.3 Å². The molecular weight excluding hydrogens is 460 g/mol. The monoisotopic (exact) mass is 486 g/mol. The maximum atomic E-state index is 5.75. The van der Waals surface area contributed by atoms with Gasteiger partial charge >= 0.3 is 0 Å². The molecule has 0 aliphatic carbocycles. The van der Waals surface area contributed by atoms with Gasteiger partial charge in [-0.05, 0) is 59.9 Å². The van der Waals surface area contributed by atoms with Crippen LogP contribution < -0.4 is 4.74 Å². The van der Waals surface area contributed by atoms with E-state index >= 15 is 0 Å². The van der Waals surface area contributed by atoms with Crippen LogP contribution in [0.2, 0.25) is 0 Å². The lowest BCUT2D eigenvalue weighted by atomic mass is 10.2. The van der Waals surface area contributed by atoms with E-state index in [0.29, 0.717) is 12.5 Å². The number of aromatic nitrogens is 3. The van der Waals surface area contributed by atoms with E-state index < -0.39 is 0 Å². The topological polar surface area (TPSA) is 52.3 Å². The number of nitrogens with zero attached hydrogens (tertiary/aromatic N) is 4. The van der Waals surface area contributed by atoms with Crippen molar-refractivity contribution >= 4 is 33.9 Å². The van der Waals surface area contributed by atoms with Crippen LogP contribution in [-0.2, 0) is 12.2 Å². The standard InChI is InChI=1S/C23H27BrN4OS/c1-4-5-22-26-27-23(30-16-19-6-10-20(24)11-7-19)28(22)25-14-18-8-12-21(13-9-18)29-15-17(2)3/h6-14,17H,4-5,15-16H2,1-3H3/b25-14+. The van der Waals surface area contributed by atoms with Crippen LogP contribution in [0.4, 0.5) is 0 Å². The van der Waals surface area contributed by atoms with E-state index in [1.54, 1.807) is 11.8 Å². The third kappa shape index (κ3) is 6.71. The van der Waals surface area contributed by atoms with Gasteiger partial charge in [-0.3, -0.25) is 0 Å². The molecule has 0 saturated heterocycles. The highest BCUT2D eigenvalue weighted by Gasteiger charge is 2.11. The predicted octanol–water partition coefficient (Wildman–Crippen LogP) is 6.20. The fourth-order valence-corrected chi connectivity index (χ4v) is 3.77. The Kier molecular flexibility index (Phi) is 8.51. The molecule has 2 aromatic carbocycles. The first kappa shape index (κ1) is 22.6. The first-order valence-corrected chi connectivity index (χ1v) is 11.9. The van der Waals surface area contributed by atoms with Crippen molar-refractivity contribution in [2.45, 2.75) is 44.5 Å². The molecule has 0 unspecified atom stereocenters. The Morgan fingerprint density at radius 1 is 1.10 bits per heavy atom. The lowest BCUT2D eigenvalue weighted by Gasteiger charge is -2.08. The van der Waals surface area contributed by atoms with E-state index in [0.717, 1.165) is 45.4 Å². The molecule has 0 N–H and O–H groups in total. The number of rotatable bonds is 10. The van der Waals surface area contributed by atoms with Crippen molar-refractivity contribution in [1.82, 2.24) is 14.9 Å². The minimum absolute atomic E-state index is 0.505. The van der Waals surface area contributed by atoms with Gasteiger partial charge in [0.2, 0.25) is 5.16 Å². The molecule has 0 atom stereocenters. The largest absolute Gasteiger partial charge is 0.493 e. The van der Waals surface area contributed by atoms with Crippen LogP contribution in [0.3, 0.4) is 0 Å². The summed E-state index contributed by atoms with van der Waals surface area (Å²) >= 11 is 5.12. The summed E-state index contributed by atoms with van der Waals surface area (Å²) < 4.78 is 8.68. The van der Waals surface area contributed by atoms with Gasteiger partial charge < -0.3 is 4.74 Å². The molecule has 0 amide bonds. The predicted molar refractivity (Wildman–Crippen MR) is 127 cm³/mol. The molecule has 0 bridgehead atoms. The Morgan fingerprint density at radius 3 is 2.50 bits per heavy atom.